The average Bonchev–Trinajstić information content (AvgIpc) is 2.38. The van der Waals surface area contributed by atoms with E-state index in [2.05, 4.69) is 28.9 Å². The third-order valence-electron chi connectivity index (χ3n) is 3.43. The zero-order valence-electron chi connectivity index (χ0n) is 10.6. The Morgan fingerprint density at radius 3 is 2.71 bits per heavy atom. The first kappa shape index (κ1) is 12.4. The van der Waals surface area contributed by atoms with Crippen LogP contribution in [0, 0.1) is 0 Å². The summed E-state index contributed by atoms with van der Waals surface area (Å²) in [5.41, 5.74) is 2.38. The van der Waals surface area contributed by atoms with E-state index in [-0.39, 0.29) is 6.10 Å². The van der Waals surface area contributed by atoms with Gasteiger partial charge in [0, 0.05) is 18.8 Å². The summed E-state index contributed by atoms with van der Waals surface area (Å²) in [6, 6.07) is 4.30. The Hall–Kier alpha value is -1.09. The molecule has 17 heavy (non-hydrogen) atoms. The van der Waals surface area contributed by atoms with Gasteiger partial charge in [0.1, 0.15) is 0 Å². The van der Waals surface area contributed by atoms with Crippen LogP contribution in [0.5, 0.6) is 0 Å². The number of pyridine rings is 1. The first-order chi connectivity index (χ1) is 8.29. The van der Waals surface area contributed by atoms with Crippen LogP contribution >= 0.6 is 0 Å². The molecule has 0 saturated carbocycles. The Kier molecular flexibility index (Phi) is 4.37. The maximum Gasteiger partial charge on any atom is 0.0574 e. The minimum Gasteiger partial charge on any atom is -0.393 e. The van der Waals surface area contributed by atoms with Crippen LogP contribution < -0.4 is 4.90 Å². The Morgan fingerprint density at radius 2 is 2.12 bits per heavy atom. The summed E-state index contributed by atoms with van der Waals surface area (Å²) in [5, 5.41) is 9.47. The molecule has 0 unspecified atom stereocenters. The van der Waals surface area contributed by atoms with Gasteiger partial charge in [-0.25, -0.2) is 0 Å². The molecule has 1 fully saturated rings. The Morgan fingerprint density at radius 1 is 1.35 bits per heavy atom. The van der Waals surface area contributed by atoms with Crippen LogP contribution in [0.3, 0.4) is 0 Å². The van der Waals surface area contributed by atoms with E-state index in [4.69, 9.17) is 0 Å². The molecule has 3 heteroatoms. The zero-order chi connectivity index (χ0) is 12.1. The van der Waals surface area contributed by atoms with Gasteiger partial charge in [-0.15, -0.1) is 0 Å². The van der Waals surface area contributed by atoms with Crippen LogP contribution in [0.4, 0.5) is 5.69 Å². The van der Waals surface area contributed by atoms with E-state index in [0.717, 1.165) is 32.4 Å². The summed E-state index contributed by atoms with van der Waals surface area (Å²) >= 11 is 0. The summed E-state index contributed by atoms with van der Waals surface area (Å²) < 4.78 is 0. The topological polar surface area (TPSA) is 36.4 Å². The molecule has 1 aliphatic rings. The highest BCUT2D eigenvalue weighted by Crippen LogP contribution is 2.19. The number of aromatic nitrogens is 1. The fourth-order valence-electron chi connectivity index (χ4n) is 2.23. The van der Waals surface area contributed by atoms with E-state index >= 15 is 0 Å². The Bertz CT molecular complexity index is 329. The highest BCUT2D eigenvalue weighted by atomic mass is 16.3. The number of rotatable bonds is 4. The standard InChI is InChI=1S/C14H22N2O/c1-2-3-4-12-5-6-13(11-15-12)16-9-7-14(17)8-10-16/h5-6,11,14,17H,2-4,7-10H2,1H3. The van der Waals surface area contributed by atoms with E-state index in [1.54, 1.807) is 0 Å². The molecule has 94 valence electrons. The second-order valence-electron chi connectivity index (χ2n) is 4.83. The summed E-state index contributed by atoms with van der Waals surface area (Å²) in [4.78, 5) is 6.82. The van der Waals surface area contributed by atoms with Gasteiger partial charge >= 0.3 is 0 Å². The van der Waals surface area contributed by atoms with Crippen molar-refractivity contribution in [2.24, 2.45) is 0 Å². The van der Waals surface area contributed by atoms with Crippen molar-refractivity contribution in [2.45, 2.75) is 45.1 Å². The molecule has 1 aromatic heterocycles. The second-order valence-corrected chi connectivity index (χ2v) is 4.83. The van der Waals surface area contributed by atoms with Crippen LogP contribution in [-0.2, 0) is 6.42 Å². The molecule has 0 spiro atoms. The molecule has 1 aliphatic heterocycles. The van der Waals surface area contributed by atoms with Crippen molar-refractivity contribution in [2.75, 3.05) is 18.0 Å². The van der Waals surface area contributed by atoms with Gasteiger partial charge in [-0.2, -0.15) is 0 Å². The smallest absolute Gasteiger partial charge is 0.0574 e. The van der Waals surface area contributed by atoms with Crippen molar-refractivity contribution in [1.29, 1.82) is 0 Å². The highest BCUT2D eigenvalue weighted by molar-refractivity contribution is 5.44. The SMILES string of the molecule is CCCCc1ccc(N2CCC(O)CC2)cn1. The molecular formula is C14H22N2O. The Labute approximate surface area is 103 Å². The van der Waals surface area contributed by atoms with Gasteiger partial charge in [0.15, 0.2) is 0 Å². The molecule has 2 rings (SSSR count). The molecule has 0 aromatic carbocycles. The second kappa shape index (κ2) is 6.01. The molecule has 2 heterocycles. The van der Waals surface area contributed by atoms with Gasteiger partial charge < -0.3 is 10.0 Å². The van der Waals surface area contributed by atoms with Crippen LogP contribution in [0.2, 0.25) is 0 Å². The fourth-order valence-corrected chi connectivity index (χ4v) is 2.23. The van der Waals surface area contributed by atoms with Gasteiger partial charge in [-0.1, -0.05) is 13.3 Å². The molecule has 0 aliphatic carbocycles. The van der Waals surface area contributed by atoms with Crippen LogP contribution in [-0.4, -0.2) is 29.3 Å². The number of hydrogen-bond acceptors (Lipinski definition) is 3. The first-order valence-electron chi connectivity index (χ1n) is 6.67. The number of hydrogen-bond donors (Lipinski definition) is 1. The van der Waals surface area contributed by atoms with E-state index in [9.17, 15) is 5.11 Å². The molecule has 0 amide bonds. The number of unbranched alkanes of at least 4 members (excludes halogenated alkanes) is 1. The first-order valence-corrected chi connectivity index (χ1v) is 6.67. The van der Waals surface area contributed by atoms with Gasteiger partial charge in [0.2, 0.25) is 0 Å². The lowest BCUT2D eigenvalue weighted by atomic mass is 10.1. The summed E-state index contributed by atoms with van der Waals surface area (Å²) in [6.07, 6.45) is 7.12. The normalized spacial score (nSPS) is 17.4. The van der Waals surface area contributed by atoms with Crippen LogP contribution in [0.1, 0.15) is 38.3 Å². The maximum atomic E-state index is 9.47. The van der Waals surface area contributed by atoms with Gasteiger partial charge in [0.25, 0.3) is 0 Å². The van der Waals surface area contributed by atoms with Gasteiger partial charge in [0.05, 0.1) is 18.0 Å². The molecule has 1 saturated heterocycles. The molecule has 0 bridgehead atoms. The van der Waals surface area contributed by atoms with E-state index < -0.39 is 0 Å². The number of nitrogens with zero attached hydrogens (tertiary/aromatic N) is 2. The van der Waals surface area contributed by atoms with Crippen molar-refractivity contribution >= 4 is 5.69 Å². The van der Waals surface area contributed by atoms with E-state index in [1.807, 2.05) is 6.20 Å². The predicted octanol–water partition coefficient (Wildman–Crippen LogP) is 2.39. The lowest BCUT2D eigenvalue weighted by Gasteiger charge is -2.31. The fraction of sp³-hybridized carbons (Fsp3) is 0.643. The molecule has 3 nitrogen and oxygen atoms in total. The minimum atomic E-state index is -0.108. The van der Waals surface area contributed by atoms with E-state index in [1.165, 1.54) is 24.2 Å². The van der Waals surface area contributed by atoms with Crippen LogP contribution in [0.25, 0.3) is 0 Å². The van der Waals surface area contributed by atoms with Crippen molar-refractivity contribution in [1.82, 2.24) is 4.98 Å². The predicted molar refractivity (Wildman–Crippen MR) is 70.3 cm³/mol. The lowest BCUT2D eigenvalue weighted by Crippen LogP contribution is -2.35. The summed E-state index contributed by atoms with van der Waals surface area (Å²) in [5.74, 6) is 0. The largest absolute Gasteiger partial charge is 0.393 e. The number of aliphatic hydroxyl groups excluding tert-OH is 1. The molecule has 1 N–H and O–H groups in total. The minimum absolute atomic E-state index is 0.108. The van der Waals surface area contributed by atoms with Crippen molar-refractivity contribution in [3.8, 4) is 0 Å². The Balaban J connectivity index is 1.93. The van der Waals surface area contributed by atoms with Crippen molar-refractivity contribution < 1.29 is 5.11 Å². The average molecular weight is 234 g/mol. The number of aliphatic hydroxyl groups is 1. The van der Waals surface area contributed by atoms with E-state index in [0.29, 0.717) is 0 Å². The van der Waals surface area contributed by atoms with Gasteiger partial charge in [-0.3, -0.25) is 4.98 Å². The quantitative estimate of drug-likeness (QED) is 0.869. The number of anilines is 1. The number of aryl methyl sites for hydroxylation is 1. The maximum absolute atomic E-state index is 9.47. The highest BCUT2D eigenvalue weighted by Gasteiger charge is 2.17. The third kappa shape index (κ3) is 3.43. The molecular weight excluding hydrogens is 212 g/mol. The monoisotopic (exact) mass is 234 g/mol. The van der Waals surface area contributed by atoms with Crippen molar-refractivity contribution in [3.63, 3.8) is 0 Å². The van der Waals surface area contributed by atoms with Gasteiger partial charge in [-0.05, 0) is 37.8 Å². The number of piperidine rings is 1. The molecule has 0 atom stereocenters. The summed E-state index contributed by atoms with van der Waals surface area (Å²) in [6.45, 7) is 4.09. The third-order valence-corrected chi connectivity index (χ3v) is 3.43. The summed E-state index contributed by atoms with van der Waals surface area (Å²) in [7, 11) is 0. The van der Waals surface area contributed by atoms with Crippen molar-refractivity contribution in [3.05, 3.63) is 24.0 Å². The zero-order valence-corrected chi connectivity index (χ0v) is 10.6. The van der Waals surface area contributed by atoms with Crippen LogP contribution in [0.15, 0.2) is 18.3 Å². The lowest BCUT2D eigenvalue weighted by molar-refractivity contribution is 0.145. The molecule has 0 radical (unpaired) electrons. The molecule has 1 aromatic rings.